The van der Waals surface area contributed by atoms with Crippen LogP contribution in [0.5, 0.6) is 0 Å². The van der Waals surface area contributed by atoms with Crippen molar-refractivity contribution in [3.8, 4) is 11.4 Å². The molecule has 6 nitrogen and oxygen atoms in total. The molecule has 2 aromatic heterocycles. The third-order valence-electron chi connectivity index (χ3n) is 4.19. The van der Waals surface area contributed by atoms with Crippen LogP contribution >= 0.6 is 0 Å². The summed E-state index contributed by atoms with van der Waals surface area (Å²) in [6, 6.07) is 1.90. The van der Waals surface area contributed by atoms with Crippen molar-refractivity contribution in [2.45, 2.75) is 19.3 Å². The van der Waals surface area contributed by atoms with Crippen molar-refractivity contribution in [1.29, 1.82) is 0 Å². The van der Waals surface area contributed by atoms with E-state index in [2.05, 4.69) is 25.1 Å². The number of ether oxygens (including phenoxy) is 1. The maximum atomic E-state index is 5.17. The van der Waals surface area contributed by atoms with E-state index in [1.165, 1.54) is 19.4 Å². The first-order valence-corrected chi connectivity index (χ1v) is 7.87. The van der Waals surface area contributed by atoms with Crippen LogP contribution in [0.1, 0.15) is 18.5 Å². The first kappa shape index (κ1) is 15.1. The van der Waals surface area contributed by atoms with Gasteiger partial charge in [-0.3, -0.25) is 15.1 Å². The number of piperidine rings is 1. The third kappa shape index (κ3) is 3.90. The molecule has 0 radical (unpaired) electrons. The predicted molar refractivity (Wildman–Crippen MR) is 84.4 cm³/mol. The van der Waals surface area contributed by atoms with Gasteiger partial charge < -0.3 is 9.64 Å². The van der Waals surface area contributed by atoms with Crippen molar-refractivity contribution < 1.29 is 4.74 Å². The van der Waals surface area contributed by atoms with Crippen LogP contribution < -0.4 is 0 Å². The summed E-state index contributed by atoms with van der Waals surface area (Å²) in [4.78, 5) is 11.5. The van der Waals surface area contributed by atoms with Crippen LogP contribution in [-0.2, 0) is 11.2 Å². The van der Waals surface area contributed by atoms with Gasteiger partial charge in [0.2, 0.25) is 0 Å². The van der Waals surface area contributed by atoms with Crippen molar-refractivity contribution >= 4 is 0 Å². The standard InChI is InChI=1S/C16H23N5O/c1-22-8-7-21-6-2-3-13(12-21)9-14-10-18-16(11-17-14)15-4-5-19-20-15/h4-5,10-11,13H,2-3,6-9,12H2,1H3,(H,19,20). The monoisotopic (exact) mass is 301 g/mol. The maximum absolute atomic E-state index is 5.17. The molecule has 1 N–H and O–H groups in total. The molecule has 3 rings (SSSR count). The molecule has 0 aromatic carbocycles. The number of likely N-dealkylation sites (tertiary alicyclic amines) is 1. The van der Waals surface area contributed by atoms with Crippen LogP contribution in [0.4, 0.5) is 0 Å². The van der Waals surface area contributed by atoms with Gasteiger partial charge in [-0.15, -0.1) is 0 Å². The highest BCUT2D eigenvalue weighted by Crippen LogP contribution is 2.20. The number of H-pyrrole nitrogens is 1. The fourth-order valence-electron chi connectivity index (χ4n) is 3.03. The Balaban J connectivity index is 1.56. The van der Waals surface area contributed by atoms with E-state index in [1.807, 2.05) is 18.5 Å². The molecular weight excluding hydrogens is 278 g/mol. The summed E-state index contributed by atoms with van der Waals surface area (Å²) in [5.74, 6) is 0.665. The van der Waals surface area contributed by atoms with E-state index in [-0.39, 0.29) is 0 Å². The molecule has 1 fully saturated rings. The average Bonchev–Trinajstić information content (AvgIpc) is 3.08. The van der Waals surface area contributed by atoms with Crippen molar-refractivity contribution in [1.82, 2.24) is 25.1 Å². The van der Waals surface area contributed by atoms with Crippen LogP contribution in [0, 0.1) is 5.92 Å². The third-order valence-corrected chi connectivity index (χ3v) is 4.19. The number of hydrogen-bond donors (Lipinski definition) is 1. The first-order valence-electron chi connectivity index (χ1n) is 7.87. The Labute approximate surface area is 130 Å². The normalized spacial score (nSPS) is 19.4. The highest BCUT2D eigenvalue weighted by Gasteiger charge is 2.20. The topological polar surface area (TPSA) is 66.9 Å². The molecule has 2 aromatic rings. The van der Waals surface area contributed by atoms with Crippen LogP contribution in [-0.4, -0.2) is 58.4 Å². The van der Waals surface area contributed by atoms with Gasteiger partial charge in [-0.05, 0) is 37.8 Å². The minimum absolute atomic E-state index is 0.665. The van der Waals surface area contributed by atoms with Crippen LogP contribution in [0.3, 0.4) is 0 Å². The predicted octanol–water partition coefficient (Wildman–Crippen LogP) is 1.77. The smallest absolute Gasteiger partial charge is 0.106 e. The summed E-state index contributed by atoms with van der Waals surface area (Å²) >= 11 is 0. The second kappa shape index (κ2) is 7.47. The molecule has 0 aliphatic carbocycles. The lowest BCUT2D eigenvalue weighted by Gasteiger charge is -2.32. The second-order valence-electron chi connectivity index (χ2n) is 5.87. The Hall–Kier alpha value is -1.79. The van der Waals surface area contributed by atoms with Gasteiger partial charge in [-0.2, -0.15) is 5.10 Å². The molecule has 118 valence electrons. The second-order valence-corrected chi connectivity index (χ2v) is 5.87. The van der Waals surface area contributed by atoms with Crippen molar-refractivity contribution in [2.24, 2.45) is 5.92 Å². The summed E-state index contributed by atoms with van der Waals surface area (Å²) in [6.45, 7) is 4.15. The number of aromatic nitrogens is 4. The van der Waals surface area contributed by atoms with Gasteiger partial charge in [-0.25, -0.2) is 0 Å². The summed E-state index contributed by atoms with van der Waals surface area (Å²) in [7, 11) is 1.76. The molecule has 3 heterocycles. The van der Waals surface area contributed by atoms with Gasteiger partial charge in [0, 0.05) is 32.6 Å². The minimum atomic E-state index is 0.665. The van der Waals surface area contributed by atoms with Gasteiger partial charge in [0.15, 0.2) is 0 Å². The van der Waals surface area contributed by atoms with Crippen LogP contribution in [0.15, 0.2) is 24.7 Å². The minimum Gasteiger partial charge on any atom is -0.383 e. The fraction of sp³-hybridized carbons (Fsp3) is 0.562. The molecule has 0 amide bonds. The molecule has 0 bridgehead atoms. The molecule has 0 saturated carbocycles. The van der Waals surface area contributed by atoms with Crippen molar-refractivity contribution in [2.75, 3.05) is 33.4 Å². The molecule has 6 heteroatoms. The van der Waals surface area contributed by atoms with Crippen LogP contribution in [0.2, 0.25) is 0 Å². The number of nitrogens with zero attached hydrogens (tertiary/aromatic N) is 4. The number of rotatable bonds is 6. The maximum Gasteiger partial charge on any atom is 0.106 e. The Kier molecular flexibility index (Phi) is 5.13. The van der Waals surface area contributed by atoms with E-state index >= 15 is 0 Å². The molecule has 1 aliphatic heterocycles. The van der Waals surface area contributed by atoms with E-state index in [0.717, 1.165) is 43.2 Å². The zero-order valence-electron chi connectivity index (χ0n) is 13.0. The molecular formula is C16H23N5O. The number of methoxy groups -OCH3 is 1. The molecule has 1 aliphatic rings. The summed E-state index contributed by atoms with van der Waals surface area (Å²) in [6.07, 6.45) is 8.97. The van der Waals surface area contributed by atoms with Crippen molar-refractivity contribution in [3.63, 3.8) is 0 Å². The molecule has 1 atom stereocenters. The van der Waals surface area contributed by atoms with E-state index in [1.54, 1.807) is 13.3 Å². The van der Waals surface area contributed by atoms with Crippen molar-refractivity contribution in [3.05, 3.63) is 30.4 Å². The van der Waals surface area contributed by atoms with Gasteiger partial charge in [0.05, 0.1) is 24.2 Å². The molecule has 1 unspecified atom stereocenters. The Morgan fingerprint density at radius 3 is 3.05 bits per heavy atom. The first-order chi connectivity index (χ1) is 10.8. The largest absolute Gasteiger partial charge is 0.383 e. The SMILES string of the molecule is COCCN1CCCC(Cc2cnc(-c3ccn[nH]3)cn2)C1. The summed E-state index contributed by atoms with van der Waals surface area (Å²) in [5.41, 5.74) is 2.82. The van der Waals surface area contributed by atoms with Crippen LogP contribution in [0.25, 0.3) is 11.4 Å². The zero-order chi connectivity index (χ0) is 15.2. The van der Waals surface area contributed by atoms with E-state index in [9.17, 15) is 0 Å². The summed E-state index contributed by atoms with van der Waals surface area (Å²) < 4.78 is 5.17. The Morgan fingerprint density at radius 1 is 1.36 bits per heavy atom. The quantitative estimate of drug-likeness (QED) is 0.881. The lowest BCUT2D eigenvalue weighted by molar-refractivity contribution is 0.114. The highest BCUT2D eigenvalue weighted by atomic mass is 16.5. The highest BCUT2D eigenvalue weighted by molar-refractivity contribution is 5.51. The van der Waals surface area contributed by atoms with E-state index < -0.39 is 0 Å². The Bertz CT molecular complexity index is 554. The Morgan fingerprint density at radius 2 is 2.32 bits per heavy atom. The van der Waals surface area contributed by atoms with Gasteiger partial charge in [0.25, 0.3) is 0 Å². The fourth-order valence-corrected chi connectivity index (χ4v) is 3.03. The van der Waals surface area contributed by atoms with E-state index in [0.29, 0.717) is 5.92 Å². The number of hydrogen-bond acceptors (Lipinski definition) is 5. The average molecular weight is 301 g/mol. The van der Waals surface area contributed by atoms with E-state index in [4.69, 9.17) is 4.74 Å². The number of nitrogens with one attached hydrogen (secondary N) is 1. The lowest BCUT2D eigenvalue weighted by atomic mass is 9.93. The summed E-state index contributed by atoms with van der Waals surface area (Å²) in [5, 5.41) is 6.85. The van der Waals surface area contributed by atoms with Gasteiger partial charge in [-0.1, -0.05) is 0 Å². The zero-order valence-corrected chi connectivity index (χ0v) is 13.0. The number of aromatic amines is 1. The molecule has 1 saturated heterocycles. The molecule has 22 heavy (non-hydrogen) atoms. The lowest BCUT2D eigenvalue weighted by Crippen LogP contribution is -2.38. The molecule has 0 spiro atoms. The van der Waals surface area contributed by atoms with Gasteiger partial charge >= 0.3 is 0 Å². The van der Waals surface area contributed by atoms with Gasteiger partial charge in [0.1, 0.15) is 5.69 Å².